The fourth-order valence-corrected chi connectivity index (χ4v) is 4.53. The maximum absolute atomic E-state index is 13.3. The second kappa shape index (κ2) is 11.4. The second-order valence-corrected chi connectivity index (χ2v) is 8.47. The van der Waals surface area contributed by atoms with Crippen LogP contribution in [-0.2, 0) is 12.8 Å². The molecule has 2 rings (SSSR count). The van der Waals surface area contributed by atoms with Gasteiger partial charge >= 0.3 is 6.03 Å². The van der Waals surface area contributed by atoms with Gasteiger partial charge in [0.2, 0.25) is 0 Å². The highest BCUT2D eigenvalue weighted by Gasteiger charge is 2.35. The predicted octanol–water partition coefficient (Wildman–Crippen LogP) is 5.11. The lowest BCUT2D eigenvalue weighted by Gasteiger charge is -2.44. The Morgan fingerprint density at radius 2 is 1.89 bits per heavy atom. The van der Waals surface area contributed by atoms with Crippen molar-refractivity contribution in [3.63, 3.8) is 0 Å². The van der Waals surface area contributed by atoms with Crippen LogP contribution in [0, 0.1) is 12.3 Å². The summed E-state index contributed by atoms with van der Waals surface area (Å²) in [5.41, 5.74) is 2.46. The van der Waals surface area contributed by atoms with Crippen molar-refractivity contribution in [2.24, 2.45) is 0 Å². The first-order valence-corrected chi connectivity index (χ1v) is 11.6. The van der Waals surface area contributed by atoms with E-state index in [4.69, 9.17) is 10.8 Å². The van der Waals surface area contributed by atoms with Crippen molar-refractivity contribution in [1.82, 2.24) is 14.2 Å². The first-order valence-electron chi connectivity index (χ1n) is 10.8. The van der Waals surface area contributed by atoms with Gasteiger partial charge in [0, 0.05) is 24.6 Å². The Balaban J connectivity index is 2.33. The number of amides is 2. The zero-order chi connectivity index (χ0) is 20.5. The lowest BCUT2D eigenvalue weighted by Crippen LogP contribution is -2.60. The first-order chi connectivity index (χ1) is 13.6. The summed E-state index contributed by atoms with van der Waals surface area (Å²) in [6.45, 7) is 10.7. The molecule has 1 aliphatic heterocycles. The van der Waals surface area contributed by atoms with E-state index >= 15 is 0 Å². The van der Waals surface area contributed by atoms with Crippen molar-refractivity contribution in [3.8, 4) is 12.3 Å². The smallest absolute Gasteiger partial charge is 0.311 e. The Morgan fingerprint density at radius 1 is 1.14 bits per heavy atom. The Hall–Kier alpha value is -1.58. The van der Waals surface area contributed by atoms with Crippen LogP contribution in [0.5, 0.6) is 0 Å². The molecule has 1 aliphatic rings. The van der Waals surface area contributed by atoms with Gasteiger partial charge in [0.15, 0.2) is 0 Å². The summed E-state index contributed by atoms with van der Waals surface area (Å²) in [6, 6.07) is 0.354. The average molecular weight is 405 g/mol. The first kappa shape index (κ1) is 22.7. The molecule has 0 aromatic carbocycles. The fourth-order valence-electron chi connectivity index (χ4n) is 3.57. The van der Waals surface area contributed by atoms with Crippen LogP contribution >= 0.6 is 11.5 Å². The van der Waals surface area contributed by atoms with Gasteiger partial charge in [-0.3, -0.25) is 9.80 Å². The van der Waals surface area contributed by atoms with Crippen molar-refractivity contribution in [1.29, 1.82) is 0 Å². The summed E-state index contributed by atoms with van der Waals surface area (Å²) >= 11 is 1.49. The van der Waals surface area contributed by atoms with E-state index in [1.807, 2.05) is 9.80 Å². The Morgan fingerprint density at radius 3 is 2.54 bits per heavy atom. The lowest BCUT2D eigenvalue weighted by molar-refractivity contribution is 0.0895. The van der Waals surface area contributed by atoms with Crippen LogP contribution in [0.1, 0.15) is 77.5 Å². The number of aromatic nitrogens is 1. The molecule has 0 radical (unpaired) electrons. The van der Waals surface area contributed by atoms with E-state index in [9.17, 15) is 4.79 Å². The molecule has 0 aliphatic carbocycles. The third-order valence-electron chi connectivity index (χ3n) is 5.36. The number of nitrogens with zero attached hydrogens (tertiary/aromatic N) is 4. The van der Waals surface area contributed by atoms with Gasteiger partial charge in [-0.15, -0.1) is 12.3 Å². The van der Waals surface area contributed by atoms with E-state index in [0.717, 1.165) is 56.5 Å². The molecule has 0 saturated carbocycles. The van der Waals surface area contributed by atoms with Crippen LogP contribution < -0.4 is 4.90 Å². The second-order valence-electron chi connectivity index (χ2n) is 7.72. The number of hydrogen-bond donors (Lipinski definition) is 0. The molecule has 28 heavy (non-hydrogen) atoms. The molecular formula is C22H36N4OS. The topological polar surface area (TPSA) is 39.7 Å². The zero-order valence-corrected chi connectivity index (χ0v) is 18.9. The summed E-state index contributed by atoms with van der Waals surface area (Å²) in [6.07, 6.45) is 13.7. The van der Waals surface area contributed by atoms with Gasteiger partial charge in [-0.1, -0.05) is 40.0 Å². The number of urea groups is 1. The quantitative estimate of drug-likeness (QED) is 0.481. The maximum atomic E-state index is 13.3. The Bertz CT molecular complexity index is 666. The molecule has 156 valence electrons. The highest BCUT2D eigenvalue weighted by Crippen LogP contribution is 2.34. The number of rotatable bonds is 11. The molecule has 0 spiro atoms. The van der Waals surface area contributed by atoms with Crippen molar-refractivity contribution < 1.29 is 4.79 Å². The van der Waals surface area contributed by atoms with Crippen molar-refractivity contribution in [3.05, 3.63) is 11.3 Å². The summed E-state index contributed by atoms with van der Waals surface area (Å²) in [4.78, 5) is 19.5. The molecule has 1 saturated heterocycles. The predicted molar refractivity (Wildman–Crippen MR) is 119 cm³/mol. The van der Waals surface area contributed by atoms with Crippen LogP contribution in [-0.4, -0.2) is 46.1 Å². The van der Waals surface area contributed by atoms with Gasteiger partial charge in [0.25, 0.3) is 0 Å². The SMILES string of the molecule is C#CCC(C)N1CN(CCCC)C(=O)N(c2snc(CCCC)c2CCC)C1. The molecule has 1 aromatic rings. The number of anilines is 1. The van der Waals surface area contributed by atoms with E-state index in [-0.39, 0.29) is 12.1 Å². The third-order valence-corrected chi connectivity index (χ3v) is 6.31. The molecular weight excluding hydrogens is 368 g/mol. The van der Waals surface area contributed by atoms with Crippen LogP contribution in [0.2, 0.25) is 0 Å². The minimum absolute atomic E-state index is 0.112. The molecule has 1 aromatic heterocycles. The Kier molecular flexibility index (Phi) is 9.27. The largest absolute Gasteiger partial charge is 0.327 e. The van der Waals surface area contributed by atoms with Gasteiger partial charge in [-0.25, -0.2) is 4.79 Å². The zero-order valence-electron chi connectivity index (χ0n) is 18.0. The number of hydrogen-bond acceptors (Lipinski definition) is 4. The van der Waals surface area contributed by atoms with E-state index in [2.05, 4.69) is 38.5 Å². The van der Waals surface area contributed by atoms with Gasteiger partial charge in [-0.05, 0) is 44.1 Å². The standard InChI is InChI=1S/C22H36N4OS/c1-6-10-14-20-19(13-9-4)21(28-23-20)26-17-25(18(5)12-8-3)16-24(22(26)27)15-11-7-2/h3,18H,6-7,9-17H2,1-2,4-5H3. The van der Waals surface area contributed by atoms with E-state index in [1.54, 1.807) is 0 Å². The molecule has 1 fully saturated rings. The minimum atomic E-state index is 0.112. The van der Waals surface area contributed by atoms with Crippen LogP contribution in [0.15, 0.2) is 0 Å². The van der Waals surface area contributed by atoms with Crippen molar-refractivity contribution >= 4 is 22.6 Å². The highest BCUT2D eigenvalue weighted by molar-refractivity contribution is 7.10. The average Bonchev–Trinajstić information content (AvgIpc) is 3.08. The number of unbranched alkanes of at least 4 members (excludes halogenated alkanes) is 2. The molecule has 0 N–H and O–H groups in total. The van der Waals surface area contributed by atoms with Crippen molar-refractivity contribution in [2.45, 2.75) is 85.1 Å². The van der Waals surface area contributed by atoms with E-state index in [1.165, 1.54) is 22.8 Å². The molecule has 1 unspecified atom stereocenters. The normalized spacial score (nSPS) is 16.5. The molecule has 0 bridgehead atoms. The third kappa shape index (κ3) is 5.48. The molecule has 6 heteroatoms. The molecule has 1 atom stereocenters. The minimum Gasteiger partial charge on any atom is -0.311 e. The number of carbonyl (C=O) groups excluding carboxylic acids is 1. The molecule has 2 amide bonds. The summed E-state index contributed by atoms with van der Waals surface area (Å²) in [7, 11) is 0. The van der Waals surface area contributed by atoms with Gasteiger partial charge in [0.05, 0.1) is 19.0 Å². The highest BCUT2D eigenvalue weighted by atomic mass is 32.1. The molecule has 2 heterocycles. The fraction of sp³-hybridized carbons (Fsp3) is 0.727. The number of carbonyl (C=O) groups is 1. The monoisotopic (exact) mass is 404 g/mol. The van der Waals surface area contributed by atoms with Gasteiger partial charge in [0.1, 0.15) is 5.00 Å². The van der Waals surface area contributed by atoms with Crippen LogP contribution in [0.3, 0.4) is 0 Å². The summed E-state index contributed by atoms with van der Waals surface area (Å²) in [5.74, 6) is 2.77. The van der Waals surface area contributed by atoms with Crippen LogP contribution in [0.25, 0.3) is 0 Å². The van der Waals surface area contributed by atoms with E-state index < -0.39 is 0 Å². The van der Waals surface area contributed by atoms with E-state index in [0.29, 0.717) is 19.8 Å². The Labute approximate surface area is 175 Å². The van der Waals surface area contributed by atoms with Crippen molar-refractivity contribution in [2.75, 3.05) is 24.8 Å². The maximum Gasteiger partial charge on any atom is 0.327 e. The van der Waals surface area contributed by atoms with Gasteiger partial charge in [-0.2, -0.15) is 4.37 Å². The summed E-state index contributed by atoms with van der Waals surface area (Å²) < 4.78 is 4.75. The number of terminal acetylenes is 1. The molecule has 5 nitrogen and oxygen atoms in total. The lowest BCUT2D eigenvalue weighted by atomic mass is 10.1. The number of aryl methyl sites for hydroxylation is 1. The summed E-state index contributed by atoms with van der Waals surface area (Å²) in [5, 5.41) is 1.04. The van der Waals surface area contributed by atoms with Crippen LogP contribution in [0.4, 0.5) is 9.80 Å². The van der Waals surface area contributed by atoms with Gasteiger partial charge < -0.3 is 4.90 Å².